The number of aryl methyl sites for hydroxylation is 1. The van der Waals surface area contributed by atoms with Gasteiger partial charge in [0.05, 0.1) is 23.3 Å². The summed E-state index contributed by atoms with van der Waals surface area (Å²) in [5, 5.41) is 6.82. The Labute approximate surface area is 189 Å². The zero-order valence-corrected chi connectivity index (χ0v) is 18.5. The average molecular weight is 458 g/mol. The van der Waals surface area contributed by atoms with Gasteiger partial charge in [-0.05, 0) is 37.1 Å². The number of fused-ring (bicyclic) bond motifs is 3. The van der Waals surface area contributed by atoms with Crippen molar-refractivity contribution in [3.63, 3.8) is 0 Å². The molecule has 1 aliphatic rings. The molecule has 9 heteroatoms. The molecule has 1 aliphatic heterocycles. The van der Waals surface area contributed by atoms with Gasteiger partial charge in [-0.1, -0.05) is 17.7 Å². The Hall–Kier alpha value is -2.90. The number of carbonyl (C=O) groups excluding carboxylic acids is 1. The maximum absolute atomic E-state index is 13.4. The number of amides is 1. The van der Waals surface area contributed by atoms with Crippen LogP contribution in [0.2, 0.25) is 5.02 Å². The van der Waals surface area contributed by atoms with Crippen LogP contribution in [0.15, 0.2) is 47.5 Å². The van der Waals surface area contributed by atoms with Crippen LogP contribution < -0.4 is 5.56 Å². The number of likely N-dealkylation sites (tertiary alicyclic amines) is 1. The molecule has 0 unspecified atom stereocenters. The molecule has 0 aliphatic carbocycles. The smallest absolute Gasteiger partial charge is 0.296 e. The number of hydrogen-bond acceptors (Lipinski definition) is 4. The highest BCUT2D eigenvalue weighted by molar-refractivity contribution is 6.31. The number of hydrogen-bond donors (Lipinski definition) is 0. The number of halogens is 2. The van der Waals surface area contributed by atoms with Gasteiger partial charge < -0.3 is 9.47 Å². The maximum Gasteiger partial charge on any atom is 0.296 e. The molecule has 0 radical (unpaired) electrons. The molecule has 0 saturated carbocycles. The summed E-state index contributed by atoms with van der Waals surface area (Å²) >= 11 is 6.22. The molecule has 4 aromatic rings. The van der Waals surface area contributed by atoms with Gasteiger partial charge in [-0.15, -0.1) is 12.4 Å². The lowest BCUT2D eigenvalue weighted by molar-refractivity contribution is -0.129. The second-order valence-electron chi connectivity index (χ2n) is 7.58. The van der Waals surface area contributed by atoms with Gasteiger partial charge >= 0.3 is 0 Å². The van der Waals surface area contributed by atoms with Gasteiger partial charge in [0.25, 0.3) is 5.56 Å². The lowest BCUT2D eigenvalue weighted by Gasteiger charge is -2.16. The fourth-order valence-corrected chi connectivity index (χ4v) is 4.44. The van der Waals surface area contributed by atoms with Crippen LogP contribution >= 0.6 is 24.0 Å². The van der Waals surface area contributed by atoms with Crippen LogP contribution in [0.3, 0.4) is 0 Å². The number of rotatable bonds is 3. The molecule has 1 amide bonds. The monoisotopic (exact) mass is 457 g/mol. The lowest BCUT2D eigenvalue weighted by Crippen LogP contribution is -2.31. The highest BCUT2D eigenvalue weighted by Crippen LogP contribution is 2.31. The first-order valence-corrected chi connectivity index (χ1v) is 10.3. The molecule has 1 saturated heterocycles. The van der Waals surface area contributed by atoms with Gasteiger partial charge in [0.2, 0.25) is 5.91 Å². The predicted octanol–water partition coefficient (Wildman–Crippen LogP) is 3.51. The minimum Gasteiger partial charge on any atom is -0.342 e. The van der Waals surface area contributed by atoms with Crippen LogP contribution in [0.25, 0.3) is 27.5 Å². The molecule has 0 N–H and O–H groups in total. The summed E-state index contributed by atoms with van der Waals surface area (Å²) in [5.41, 5.74) is 2.28. The minimum atomic E-state index is -0.247. The van der Waals surface area contributed by atoms with Crippen LogP contribution in [-0.4, -0.2) is 43.2 Å². The lowest BCUT2D eigenvalue weighted by atomic mass is 10.1. The van der Waals surface area contributed by atoms with Crippen molar-refractivity contribution in [2.24, 2.45) is 7.05 Å². The van der Waals surface area contributed by atoms with E-state index in [0.29, 0.717) is 27.3 Å². The van der Waals surface area contributed by atoms with E-state index >= 15 is 0 Å². The third-order valence-corrected chi connectivity index (χ3v) is 5.99. The summed E-state index contributed by atoms with van der Waals surface area (Å²) < 4.78 is 3.19. The van der Waals surface area contributed by atoms with E-state index in [1.54, 1.807) is 30.6 Å². The predicted molar refractivity (Wildman–Crippen MR) is 123 cm³/mol. The second kappa shape index (κ2) is 8.32. The third kappa shape index (κ3) is 3.58. The molecule has 0 atom stereocenters. The van der Waals surface area contributed by atoms with Crippen molar-refractivity contribution >= 4 is 51.7 Å². The van der Waals surface area contributed by atoms with Crippen molar-refractivity contribution in [3.8, 4) is 5.69 Å². The maximum atomic E-state index is 13.4. The van der Waals surface area contributed by atoms with Gasteiger partial charge in [0.15, 0.2) is 0 Å². The average Bonchev–Trinajstić information content (AvgIpc) is 3.38. The summed E-state index contributed by atoms with van der Waals surface area (Å²) in [6, 6.07) is 8.97. The first kappa shape index (κ1) is 21.3. The molecule has 0 spiro atoms. The molecule has 5 rings (SSSR count). The Balaban J connectivity index is 0.00000231. The number of carbonyl (C=O) groups is 1. The van der Waals surface area contributed by atoms with Crippen molar-refractivity contribution in [1.29, 1.82) is 0 Å². The summed E-state index contributed by atoms with van der Waals surface area (Å²) in [6.07, 6.45) is 5.42. The van der Waals surface area contributed by atoms with Crippen molar-refractivity contribution in [3.05, 3.63) is 63.8 Å². The molecule has 4 heterocycles. The van der Waals surface area contributed by atoms with Gasteiger partial charge in [-0.3, -0.25) is 14.6 Å². The van der Waals surface area contributed by atoms with Crippen LogP contribution in [0, 0.1) is 0 Å². The van der Waals surface area contributed by atoms with Crippen molar-refractivity contribution in [1.82, 2.24) is 24.2 Å². The Morgan fingerprint density at radius 3 is 2.55 bits per heavy atom. The minimum absolute atomic E-state index is 0. The normalized spacial score (nSPS) is 13.7. The van der Waals surface area contributed by atoms with Gasteiger partial charge in [0, 0.05) is 48.3 Å². The van der Waals surface area contributed by atoms with E-state index in [0.717, 1.165) is 36.8 Å². The van der Waals surface area contributed by atoms with Crippen LogP contribution in [-0.2, 0) is 18.3 Å². The molecule has 0 bridgehead atoms. The van der Waals surface area contributed by atoms with Gasteiger partial charge in [-0.25, -0.2) is 0 Å². The second-order valence-corrected chi connectivity index (χ2v) is 8.01. The summed E-state index contributed by atoms with van der Waals surface area (Å²) in [4.78, 5) is 32.3. The molecule has 7 nitrogen and oxygen atoms in total. The van der Waals surface area contributed by atoms with E-state index < -0.39 is 0 Å². The van der Waals surface area contributed by atoms with E-state index in [4.69, 9.17) is 11.6 Å². The molecular weight excluding hydrogens is 437 g/mol. The Bertz CT molecular complexity index is 1340. The first-order chi connectivity index (χ1) is 14.5. The standard InChI is InChI=1S/C22H20ClN5O2.ClH/c1-26-18-12-14(23)4-5-16(18)20-17(13-19(29)27-10-2-3-11-27)25-28(22(30)21(20)26)15-6-8-24-9-7-15;/h4-9,12H,2-3,10-11,13H2,1H3;1H. The summed E-state index contributed by atoms with van der Waals surface area (Å²) in [6.45, 7) is 1.55. The molecule has 1 aromatic carbocycles. The van der Waals surface area contributed by atoms with E-state index in [-0.39, 0.29) is 30.3 Å². The topological polar surface area (TPSA) is 73.0 Å². The zero-order chi connectivity index (χ0) is 20.8. The van der Waals surface area contributed by atoms with E-state index in [1.807, 2.05) is 28.6 Å². The number of benzene rings is 1. The van der Waals surface area contributed by atoms with Crippen molar-refractivity contribution in [2.45, 2.75) is 19.3 Å². The Kier molecular flexibility index (Phi) is 5.73. The van der Waals surface area contributed by atoms with Crippen molar-refractivity contribution < 1.29 is 4.79 Å². The van der Waals surface area contributed by atoms with Gasteiger partial charge in [-0.2, -0.15) is 9.78 Å². The Morgan fingerprint density at radius 2 is 1.84 bits per heavy atom. The number of pyridine rings is 1. The molecular formula is C22H21Cl2N5O2. The SMILES string of the molecule is Cl.Cn1c2cc(Cl)ccc2c2c(CC(=O)N3CCCC3)nn(-c3ccncc3)c(=O)c21. The fraction of sp³-hybridized carbons (Fsp3) is 0.273. The van der Waals surface area contributed by atoms with Crippen LogP contribution in [0.5, 0.6) is 0 Å². The fourth-order valence-electron chi connectivity index (χ4n) is 4.27. The van der Waals surface area contributed by atoms with Crippen LogP contribution in [0.1, 0.15) is 18.5 Å². The van der Waals surface area contributed by atoms with Crippen LogP contribution in [0.4, 0.5) is 0 Å². The van der Waals surface area contributed by atoms with Crippen molar-refractivity contribution in [2.75, 3.05) is 13.1 Å². The Morgan fingerprint density at radius 1 is 1.13 bits per heavy atom. The van der Waals surface area contributed by atoms with E-state index in [2.05, 4.69) is 10.1 Å². The first-order valence-electron chi connectivity index (χ1n) is 9.92. The van der Waals surface area contributed by atoms with E-state index in [1.165, 1.54) is 4.68 Å². The van der Waals surface area contributed by atoms with Gasteiger partial charge in [0.1, 0.15) is 5.52 Å². The highest BCUT2D eigenvalue weighted by atomic mass is 35.5. The quantitative estimate of drug-likeness (QED) is 0.471. The number of aromatic nitrogens is 4. The molecule has 1 fully saturated rings. The molecule has 31 heavy (non-hydrogen) atoms. The summed E-state index contributed by atoms with van der Waals surface area (Å²) in [5.74, 6) is 0.0344. The molecule has 160 valence electrons. The largest absolute Gasteiger partial charge is 0.342 e. The highest BCUT2D eigenvalue weighted by Gasteiger charge is 2.24. The third-order valence-electron chi connectivity index (χ3n) is 5.75. The number of nitrogens with zero attached hydrogens (tertiary/aromatic N) is 5. The summed E-state index contributed by atoms with van der Waals surface area (Å²) in [7, 11) is 1.84. The molecule has 3 aromatic heterocycles. The zero-order valence-electron chi connectivity index (χ0n) is 16.9. The van der Waals surface area contributed by atoms with E-state index in [9.17, 15) is 9.59 Å².